The monoisotopic (exact) mass is 208 g/mol. The molecule has 1 unspecified atom stereocenters. The molecule has 0 fully saturated rings. The highest BCUT2D eigenvalue weighted by Gasteiger charge is 2.03. The second-order valence-corrected chi connectivity index (χ2v) is 3.75. The molecule has 3 nitrogen and oxygen atoms in total. The number of ether oxygens (including phenoxy) is 1. The van der Waals surface area contributed by atoms with Crippen molar-refractivity contribution in [2.24, 2.45) is 0 Å². The maximum absolute atomic E-state index is 5.66. The molecule has 3 heteroatoms. The normalized spacial score (nSPS) is 12.5. The van der Waals surface area contributed by atoms with E-state index in [0.29, 0.717) is 0 Å². The lowest BCUT2D eigenvalue weighted by Crippen LogP contribution is -2.12. The zero-order chi connectivity index (χ0) is 11.1. The van der Waals surface area contributed by atoms with Gasteiger partial charge in [-0.15, -0.1) is 0 Å². The lowest BCUT2D eigenvalue weighted by atomic mass is 10.2. The summed E-state index contributed by atoms with van der Waals surface area (Å²) in [6, 6.07) is 3.97. The predicted octanol–water partition coefficient (Wildman–Crippen LogP) is 2.37. The van der Waals surface area contributed by atoms with Gasteiger partial charge in [0.2, 0.25) is 5.88 Å². The third-order valence-corrected chi connectivity index (χ3v) is 2.20. The van der Waals surface area contributed by atoms with Crippen LogP contribution in [0, 0.1) is 0 Å². The van der Waals surface area contributed by atoms with Crippen LogP contribution in [0.15, 0.2) is 18.3 Å². The van der Waals surface area contributed by atoms with Gasteiger partial charge in [0.1, 0.15) is 0 Å². The van der Waals surface area contributed by atoms with Crippen LogP contribution < -0.4 is 10.1 Å². The van der Waals surface area contributed by atoms with E-state index >= 15 is 0 Å². The minimum atomic E-state index is 0.248. The molecule has 0 bridgehead atoms. The number of nitrogens with one attached hydrogen (secondary N) is 1. The van der Waals surface area contributed by atoms with Crippen molar-refractivity contribution in [2.75, 3.05) is 7.05 Å². The number of hydrogen-bond donors (Lipinski definition) is 1. The molecule has 15 heavy (non-hydrogen) atoms. The Morgan fingerprint density at radius 1 is 1.47 bits per heavy atom. The Balaban J connectivity index is 2.48. The molecule has 0 aromatic carbocycles. The first-order valence-corrected chi connectivity index (χ1v) is 5.52. The van der Waals surface area contributed by atoms with E-state index in [2.05, 4.69) is 24.1 Å². The van der Waals surface area contributed by atoms with Gasteiger partial charge < -0.3 is 10.1 Å². The maximum atomic E-state index is 5.66. The Bertz CT molecular complexity index is 271. The van der Waals surface area contributed by atoms with Crippen LogP contribution in [0.2, 0.25) is 0 Å². The average molecular weight is 208 g/mol. The van der Waals surface area contributed by atoms with Gasteiger partial charge in [0.15, 0.2) is 0 Å². The SMILES string of the molecule is CCCC(C)Oc1ccc(CNC)cn1. The molecule has 84 valence electrons. The summed E-state index contributed by atoms with van der Waals surface area (Å²) in [4.78, 5) is 4.26. The molecule has 0 aliphatic carbocycles. The van der Waals surface area contributed by atoms with Gasteiger partial charge in [-0.2, -0.15) is 0 Å². The highest BCUT2D eigenvalue weighted by Crippen LogP contribution is 2.11. The summed E-state index contributed by atoms with van der Waals surface area (Å²) in [5.74, 6) is 0.718. The van der Waals surface area contributed by atoms with Crippen molar-refractivity contribution in [1.29, 1.82) is 0 Å². The van der Waals surface area contributed by atoms with Crippen LogP contribution in [0.1, 0.15) is 32.3 Å². The Labute approximate surface area is 91.9 Å². The number of rotatable bonds is 6. The summed E-state index contributed by atoms with van der Waals surface area (Å²) < 4.78 is 5.66. The van der Waals surface area contributed by atoms with Gasteiger partial charge in [0.25, 0.3) is 0 Å². The molecular formula is C12H20N2O. The standard InChI is InChI=1S/C12H20N2O/c1-4-5-10(2)15-12-7-6-11(8-13-3)9-14-12/h6-7,9-10,13H,4-5,8H2,1-3H3. The molecule has 1 N–H and O–H groups in total. The summed E-state index contributed by atoms with van der Waals surface area (Å²) in [5, 5.41) is 3.08. The largest absolute Gasteiger partial charge is 0.475 e. The highest BCUT2D eigenvalue weighted by atomic mass is 16.5. The predicted molar refractivity (Wildman–Crippen MR) is 62.0 cm³/mol. The zero-order valence-electron chi connectivity index (χ0n) is 9.79. The fraction of sp³-hybridized carbons (Fsp3) is 0.583. The summed E-state index contributed by atoms with van der Waals surface area (Å²) in [6.45, 7) is 5.08. The second-order valence-electron chi connectivity index (χ2n) is 3.75. The number of hydrogen-bond acceptors (Lipinski definition) is 3. The fourth-order valence-electron chi connectivity index (χ4n) is 1.46. The van der Waals surface area contributed by atoms with Crippen LogP contribution >= 0.6 is 0 Å². The summed E-state index contributed by atoms with van der Waals surface area (Å²) in [7, 11) is 1.92. The Morgan fingerprint density at radius 3 is 2.80 bits per heavy atom. The van der Waals surface area contributed by atoms with Crippen LogP contribution in [0.5, 0.6) is 5.88 Å². The minimum Gasteiger partial charge on any atom is -0.475 e. The Kier molecular flexibility index (Phi) is 5.12. The van der Waals surface area contributed by atoms with Crippen LogP contribution in [-0.4, -0.2) is 18.1 Å². The van der Waals surface area contributed by atoms with Gasteiger partial charge in [-0.05, 0) is 26.0 Å². The molecule has 1 rings (SSSR count). The lowest BCUT2D eigenvalue weighted by molar-refractivity contribution is 0.201. The first-order valence-electron chi connectivity index (χ1n) is 5.52. The first kappa shape index (κ1) is 12.0. The van der Waals surface area contributed by atoms with E-state index < -0.39 is 0 Å². The molecule has 0 spiro atoms. The van der Waals surface area contributed by atoms with Crippen molar-refractivity contribution >= 4 is 0 Å². The molecular weight excluding hydrogens is 188 g/mol. The second kappa shape index (κ2) is 6.40. The molecule has 0 saturated heterocycles. The van der Waals surface area contributed by atoms with E-state index in [0.717, 1.165) is 25.3 Å². The minimum absolute atomic E-state index is 0.248. The van der Waals surface area contributed by atoms with E-state index in [4.69, 9.17) is 4.74 Å². The van der Waals surface area contributed by atoms with Crippen molar-refractivity contribution in [2.45, 2.75) is 39.3 Å². The van der Waals surface area contributed by atoms with Crippen molar-refractivity contribution in [1.82, 2.24) is 10.3 Å². The van der Waals surface area contributed by atoms with Crippen molar-refractivity contribution in [3.8, 4) is 5.88 Å². The van der Waals surface area contributed by atoms with Crippen LogP contribution in [-0.2, 0) is 6.54 Å². The van der Waals surface area contributed by atoms with E-state index in [1.807, 2.05) is 25.4 Å². The maximum Gasteiger partial charge on any atom is 0.213 e. The van der Waals surface area contributed by atoms with Crippen LogP contribution in [0.3, 0.4) is 0 Å². The van der Waals surface area contributed by atoms with Gasteiger partial charge in [-0.1, -0.05) is 19.4 Å². The molecule has 0 saturated carbocycles. The zero-order valence-corrected chi connectivity index (χ0v) is 9.79. The molecule has 0 amide bonds. The molecule has 1 atom stereocenters. The highest BCUT2D eigenvalue weighted by molar-refractivity contribution is 5.17. The van der Waals surface area contributed by atoms with Crippen LogP contribution in [0.25, 0.3) is 0 Å². The van der Waals surface area contributed by atoms with Gasteiger partial charge in [-0.25, -0.2) is 4.98 Å². The summed E-state index contributed by atoms with van der Waals surface area (Å²) in [5.41, 5.74) is 1.17. The van der Waals surface area contributed by atoms with Crippen molar-refractivity contribution in [3.63, 3.8) is 0 Å². The molecule has 0 aliphatic heterocycles. The van der Waals surface area contributed by atoms with Gasteiger partial charge in [-0.3, -0.25) is 0 Å². The Morgan fingerprint density at radius 2 is 2.27 bits per heavy atom. The number of aromatic nitrogens is 1. The molecule has 1 aromatic rings. The average Bonchev–Trinajstić information content (AvgIpc) is 2.22. The van der Waals surface area contributed by atoms with E-state index in [9.17, 15) is 0 Å². The number of nitrogens with zero attached hydrogens (tertiary/aromatic N) is 1. The number of pyridine rings is 1. The molecule has 1 aromatic heterocycles. The van der Waals surface area contributed by atoms with Crippen LogP contribution in [0.4, 0.5) is 0 Å². The molecule has 0 aliphatic rings. The van der Waals surface area contributed by atoms with E-state index in [1.165, 1.54) is 5.56 Å². The van der Waals surface area contributed by atoms with E-state index in [-0.39, 0.29) is 6.10 Å². The first-order chi connectivity index (χ1) is 7.26. The summed E-state index contributed by atoms with van der Waals surface area (Å²) in [6.07, 6.45) is 4.31. The third kappa shape index (κ3) is 4.30. The third-order valence-electron chi connectivity index (χ3n) is 2.20. The summed E-state index contributed by atoms with van der Waals surface area (Å²) >= 11 is 0. The quantitative estimate of drug-likeness (QED) is 0.779. The smallest absolute Gasteiger partial charge is 0.213 e. The Hall–Kier alpha value is -1.09. The molecule has 0 radical (unpaired) electrons. The van der Waals surface area contributed by atoms with Crippen molar-refractivity contribution < 1.29 is 4.74 Å². The lowest BCUT2D eigenvalue weighted by Gasteiger charge is -2.12. The van der Waals surface area contributed by atoms with Gasteiger partial charge in [0.05, 0.1) is 6.10 Å². The van der Waals surface area contributed by atoms with Crippen molar-refractivity contribution in [3.05, 3.63) is 23.9 Å². The van der Waals surface area contributed by atoms with Gasteiger partial charge >= 0.3 is 0 Å². The van der Waals surface area contributed by atoms with Gasteiger partial charge in [0, 0.05) is 18.8 Å². The fourth-order valence-corrected chi connectivity index (χ4v) is 1.46. The molecule has 1 heterocycles. The van der Waals surface area contributed by atoms with E-state index in [1.54, 1.807) is 0 Å². The topological polar surface area (TPSA) is 34.1 Å².